The highest BCUT2D eigenvalue weighted by atomic mass is 32.2. The maximum atomic E-state index is 12.3. The molecule has 1 aliphatic heterocycles. The molecule has 1 heterocycles. The van der Waals surface area contributed by atoms with Crippen molar-refractivity contribution in [2.75, 3.05) is 19.8 Å². The number of rotatable bonds is 9. The maximum absolute atomic E-state index is 12.3. The summed E-state index contributed by atoms with van der Waals surface area (Å²) in [5, 5.41) is 2.76. The zero-order chi connectivity index (χ0) is 18.3. The van der Waals surface area contributed by atoms with Gasteiger partial charge in [-0.2, -0.15) is 0 Å². The molecule has 0 radical (unpaired) electrons. The molecule has 140 valence electrons. The van der Waals surface area contributed by atoms with Gasteiger partial charge >= 0.3 is 0 Å². The van der Waals surface area contributed by atoms with Crippen LogP contribution in [-0.2, 0) is 30.8 Å². The molecule has 7 nitrogen and oxygen atoms in total. The lowest BCUT2D eigenvalue weighted by Gasteiger charge is -2.13. The topological polar surface area (TPSA) is 93.7 Å². The van der Waals surface area contributed by atoms with Gasteiger partial charge in [0.1, 0.15) is 6.10 Å². The lowest BCUT2D eigenvalue weighted by molar-refractivity contribution is -0.131. The lowest BCUT2D eigenvalue weighted by Crippen LogP contribution is -2.34. The molecule has 2 N–H and O–H groups in total. The van der Waals surface area contributed by atoms with Crippen LogP contribution >= 0.6 is 0 Å². The molecule has 0 unspecified atom stereocenters. The summed E-state index contributed by atoms with van der Waals surface area (Å²) < 4.78 is 37.8. The average molecular weight is 370 g/mol. The van der Waals surface area contributed by atoms with E-state index in [4.69, 9.17) is 9.47 Å². The molecule has 1 aromatic carbocycles. The number of hydrogen-bond donors (Lipinski definition) is 2. The average Bonchev–Trinajstić information content (AvgIpc) is 3.12. The molecule has 1 aromatic rings. The van der Waals surface area contributed by atoms with Crippen LogP contribution in [0.1, 0.15) is 32.3 Å². The van der Waals surface area contributed by atoms with Crippen molar-refractivity contribution in [1.82, 2.24) is 10.0 Å². The largest absolute Gasteiger partial charge is 0.377 e. The normalized spacial score (nSPS) is 18.9. The van der Waals surface area contributed by atoms with Gasteiger partial charge in [-0.15, -0.1) is 0 Å². The maximum Gasteiger partial charge on any atom is 0.249 e. The molecule has 1 amide bonds. The Kier molecular flexibility index (Phi) is 7.37. The van der Waals surface area contributed by atoms with E-state index >= 15 is 0 Å². The fourth-order valence-corrected chi connectivity index (χ4v) is 3.60. The monoisotopic (exact) mass is 370 g/mol. The van der Waals surface area contributed by atoms with E-state index in [1.807, 2.05) is 6.92 Å². The van der Waals surface area contributed by atoms with Crippen LogP contribution in [0.5, 0.6) is 0 Å². The Labute approximate surface area is 149 Å². The van der Waals surface area contributed by atoms with Crippen molar-refractivity contribution in [3.63, 3.8) is 0 Å². The summed E-state index contributed by atoms with van der Waals surface area (Å²) >= 11 is 0. The summed E-state index contributed by atoms with van der Waals surface area (Å²) in [4.78, 5) is 12.0. The number of carbonyl (C=O) groups is 1. The Morgan fingerprint density at radius 1 is 1.36 bits per heavy atom. The Morgan fingerprint density at radius 3 is 2.68 bits per heavy atom. The third-order valence-electron chi connectivity index (χ3n) is 4.01. The van der Waals surface area contributed by atoms with Crippen molar-refractivity contribution in [3.05, 3.63) is 29.8 Å². The Bertz CT molecular complexity index is 654. The minimum atomic E-state index is -3.55. The van der Waals surface area contributed by atoms with E-state index in [9.17, 15) is 13.2 Å². The molecule has 25 heavy (non-hydrogen) atoms. The number of benzene rings is 1. The van der Waals surface area contributed by atoms with Gasteiger partial charge in [0.25, 0.3) is 0 Å². The summed E-state index contributed by atoms with van der Waals surface area (Å²) in [5.41, 5.74) is 0.815. The standard InChI is InChI=1S/C17H26N2O5S/c1-3-23-13(2)17(20)18-11-14-6-8-16(9-7-14)25(21,22)19-12-15-5-4-10-24-15/h6-9,13,15,19H,3-5,10-12H2,1-2H3,(H,18,20)/t13-,15-/m0/s1. The van der Waals surface area contributed by atoms with Crippen LogP contribution in [0, 0.1) is 0 Å². The Balaban J connectivity index is 1.86. The highest BCUT2D eigenvalue weighted by Gasteiger charge is 2.20. The molecule has 8 heteroatoms. The van der Waals surface area contributed by atoms with Gasteiger partial charge in [0, 0.05) is 26.3 Å². The van der Waals surface area contributed by atoms with Crippen molar-refractivity contribution >= 4 is 15.9 Å². The molecule has 1 aliphatic rings. The predicted octanol–water partition coefficient (Wildman–Crippen LogP) is 1.19. The predicted molar refractivity (Wildman–Crippen MR) is 93.5 cm³/mol. The van der Waals surface area contributed by atoms with Gasteiger partial charge in [0.05, 0.1) is 11.0 Å². The zero-order valence-corrected chi connectivity index (χ0v) is 15.5. The van der Waals surface area contributed by atoms with E-state index in [0.717, 1.165) is 18.4 Å². The van der Waals surface area contributed by atoms with Crippen LogP contribution in [0.4, 0.5) is 0 Å². The van der Waals surface area contributed by atoms with Crippen molar-refractivity contribution in [2.24, 2.45) is 0 Å². The summed E-state index contributed by atoms with van der Waals surface area (Å²) in [6.45, 7) is 5.29. The number of carbonyl (C=O) groups excluding carboxylic acids is 1. The molecule has 2 rings (SSSR count). The first-order chi connectivity index (χ1) is 11.9. The molecule has 2 atom stereocenters. The van der Waals surface area contributed by atoms with E-state index in [1.165, 1.54) is 12.1 Å². The minimum Gasteiger partial charge on any atom is -0.377 e. The van der Waals surface area contributed by atoms with Gasteiger partial charge < -0.3 is 14.8 Å². The van der Waals surface area contributed by atoms with Gasteiger partial charge in [-0.3, -0.25) is 4.79 Å². The fraction of sp³-hybridized carbons (Fsp3) is 0.588. The zero-order valence-electron chi connectivity index (χ0n) is 14.7. The van der Waals surface area contributed by atoms with Crippen molar-refractivity contribution < 1.29 is 22.7 Å². The second-order valence-corrected chi connectivity index (χ2v) is 7.71. The van der Waals surface area contributed by atoms with E-state index in [-0.39, 0.29) is 23.5 Å². The Hall–Kier alpha value is -1.48. The summed E-state index contributed by atoms with van der Waals surface area (Å²) in [7, 11) is -3.55. The molecule has 0 aromatic heterocycles. The highest BCUT2D eigenvalue weighted by molar-refractivity contribution is 7.89. The van der Waals surface area contributed by atoms with E-state index in [0.29, 0.717) is 19.8 Å². The molecule has 1 saturated heterocycles. The van der Waals surface area contributed by atoms with Gasteiger partial charge in [-0.05, 0) is 44.4 Å². The molecular formula is C17H26N2O5S. The third-order valence-corrected chi connectivity index (χ3v) is 5.45. The first-order valence-electron chi connectivity index (χ1n) is 8.52. The van der Waals surface area contributed by atoms with Gasteiger partial charge in [0.15, 0.2) is 0 Å². The highest BCUT2D eigenvalue weighted by Crippen LogP contribution is 2.14. The number of ether oxygens (including phenoxy) is 2. The fourth-order valence-electron chi connectivity index (χ4n) is 2.54. The SMILES string of the molecule is CCO[C@@H](C)C(=O)NCc1ccc(S(=O)(=O)NC[C@@H]2CCCO2)cc1. The van der Waals surface area contributed by atoms with E-state index in [1.54, 1.807) is 19.1 Å². The molecule has 0 saturated carbocycles. The van der Waals surface area contributed by atoms with Gasteiger partial charge in [-0.25, -0.2) is 13.1 Å². The second-order valence-electron chi connectivity index (χ2n) is 5.95. The van der Waals surface area contributed by atoms with Crippen molar-refractivity contribution in [2.45, 2.75) is 50.3 Å². The third kappa shape index (κ3) is 6.07. The number of nitrogens with one attached hydrogen (secondary N) is 2. The molecule has 1 fully saturated rings. The number of sulfonamides is 1. The van der Waals surface area contributed by atoms with Gasteiger partial charge in [0.2, 0.25) is 15.9 Å². The summed E-state index contributed by atoms with van der Waals surface area (Å²) in [6.07, 6.45) is 1.29. The molecular weight excluding hydrogens is 344 g/mol. The quantitative estimate of drug-likeness (QED) is 0.681. The minimum absolute atomic E-state index is 0.0448. The number of amides is 1. The lowest BCUT2D eigenvalue weighted by atomic mass is 10.2. The van der Waals surface area contributed by atoms with Crippen LogP contribution in [-0.4, -0.2) is 46.3 Å². The molecule has 0 spiro atoms. The first-order valence-corrected chi connectivity index (χ1v) is 10.00. The van der Waals surface area contributed by atoms with Crippen LogP contribution < -0.4 is 10.0 Å². The smallest absolute Gasteiger partial charge is 0.249 e. The first kappa shape index (κ1) is 19.8. The van der Waals surface area contributed by atoms with Crippen LogP contribution in [0.2, 0.25) is 0 Å². The van der Waals surface area contributed by atoms with Crippen LogP contribution in [0.25, 0.3) is 0 Å². The van der Waals surface area contributed by atoms with Crippen LogP contribution in [0.15, 0.2) is 29.2 Å². The van der Waals surface area contributed by atoms with Crippen molar-refractivity contribution in [3.8, 4) is 0 Å². The summed E-state index contributed by atoms with van der Waals surface area (Å²) in [6, 6.07) is 6.44. The number of hydrogen-bond acceptors (Lipinski definition) is 5. The summed E-state index contributed by atoms with van der Waals surface area (Å²) in [5.74, 6) is -0.197. The second kappa shape index (κ2) is 9.28. The van der Waals surface area contributed by atoms with Crippen LogP contribution in [0.3, 0.4) is 0 Å². The molecule has 0 aliphatic carbocycles. The molecule has 0 bridgehead atoms. The van der Waals surface area contributed by atoms with E-state index in [2.05, 4.69) is 10.0 Å². The van der Waals surface area contributed by atoms with E-state index < -0.39 is 16.1 Å². The van der Waals surface area contributed by atoms with Gasteiger partial charge in [-0.1, -0.05) is 12.1 Å². The Morgan fingerprint density at radius 2 is 2.08 bits per heavy atom. The van der Waals surface area contributed by atoms with Crippen molar-refractivity contribution in [1.29, 1.82) is 0 Å².